The molecule has 0 aliphatic heterocycles. The first-order valence-corrected chi connectivity index (χ1v) is 11.1. The molecule has 2 amide bonds. The number of benzene rings is 3. The van der Waals surface area contributed by atoms with E-state index in [-0.39, 0.29) is 28.6 Å². The first kappa shape index (κ1) is 26.0. The molecule has 0 unspecified atom stereocenters. The summed E-state index contributed by atoms with van der Waals surface area (Å²) in [5.41, 5.74) is 3.33. The van der Waals surface area contributed by atoms with Crippen LogP contribution in [0.1, 0.15) is 26.3 Å². The van der Waals surface area contributed by atoms with Crippen molar-refractivity contribution in [2.24, 2.45) is 5.10 Å². The van der Waals surface area contributed by atoms with Crippen LogP contribution in [0.4, 0.5) is 0 Å². The number of methoxy groups -OCH3 is 1. The Balaban J connectivity index is 1.56. The Morgan fingerprint density at radius 1 is 0.943 bits per heavy atom. The van der Waals surface area contributed by atoms with Gasteiger partial charge >= 0.3 is 5.97 Å². The quantitative estimate of drug-likeness (QED) is 0.188. The highest BCUT2D eigenvalue weighted by molar-refractivity contribution is 6.36. The maximum absolute atomic E-state index is 12.4. The van der Waals surface area contributed by atoms with E-state index in [0.29, 0.717) is 21.2 Å². The lowest BCUT2D eigenvalue weighted by atomic mass is 10.2. The van der Waals surface area contributed by atoms with Crippen molar-refractivity contribution in [1.29, 1.82) is 0 Å². The molecule has 0 aliphatic carbocycles. The van der Waals surface area contributed by atoms with Crippen LogP contribution in [0, 0.1) is 0 Å². The molecule has 3 rings (SSSR count). The zero-order valence-corrected chi connectivity index (χ0v) is 20.4. The number of ether oxygens (including phenoxy) is 2. The fraction of sp³-hybridized carbons (Fsp3) is 0.0833. The number of nitrogens with one attached hydrogen (secondary N) is 2. The lowest BCUT2D eigenvalue weighted by Gasteiger charge is -2.10. The zero-order valence-electron chi connectivity index (χ0n) is 18.2. The van der Waals surface area contributed by atoms with Crippen LogP contribution in [-0.4, -0.2) is 37.7 Å². The largest absolute Gasteiger partial charge is 0.493 e. The summed E-state index contributed by atoms with van der Waals surface area (Å²) in [6, 6.07) is 15.4. The first-order valence-electron chi connectivity index (χ1n) is 9.97. The monoisotopic (exact) mass is 533 g/mol. The molecule has 35 heavy (non-hydrogen) atoms. The molecule has 0 saturated heterocycles. The molecular weight excluding hydrogens is 517 g/mol. The van der Waals surface area contributed by atoms with Crippen LogP contribution in [0.15, 0.2) is 65.8 Å². The van der Waals surface area contributed by atoms with Crippen LogP contribution < -0.4 is 20.2 Å². The van der Waals surface area contributed by atoms with Crippen molar-refractivity contribution in [2.45, 2.75) is 0 Å². The van der Waals surface area contributed by atoms with Gasteiger partial charge in [-0.25, -0.2) is 10.2 Å². The van der Waals surface area contributed by atoms with E-state index in [9.17, 15) is 14.4 Å². The molecule has 180 valence electrons. The van der Waals surface area contributed by atoms with Gasteiger partial charge in [0.25, 0.3) is 11.8 Å². The molecule has 0 spiro atoms. The summed E-state index contributed by atoms with van der Waals surface area (Å²) in [5.74, 6) is -1.24. The molecule has 0 aliphatic rings. The van der Waals surface area contributed by atoms with E-state index in [2.05, 4.69) is 15.8 Å². The Bertz CT molecular complexity index is 1300. The summed E-state index contributed by atoms with van der Waals surface area (Å²) in [7, 11) is 1.41. The summed E-state index contributed by atoms with van der Waals surface area (Å²) >= 11 is 17.8. The summed E-state index contributed by atoms with van der Waals surface area (Å²) in [6.07, 6.45) is 1.36. The Morgan fingerprint density at radius 2 is 1.71 bits per heavy atom. The number of esters is 1. The number of hydrogen-bond acceptors (Lipinski definition) is 6. The van der Waals surface area contributed by atoms with Crippen LogP contribution in [0.25, 0.3) is 0 Å². The van der Waals surface area contributed by atoms with Crippen molar-refractivity contribution in [2.75, 3.05) is 13.7 Å². The summed E-state index contributed by atoms with van der Waals surface area (Å²) in [6.45, 7) is -0.284. The van der Waals surface area contributed by atoms with Gasteiger partial charge in [-0.3, -0.25) is 9.59 Å². The van der Waals surface area contributed by atoms with E-state index in [4.69, 9.17) is 44.3 Å². The molecule has 0 fully saturated rings. The third-order valence-electron chi connectivity index (χ3n) is 4.44. The molecule has 3 aromatic carbocycles. The van der Waals surface area contributed by atoms with Gasteiger partial charge in [0.05, 0.1) is 30.5 Å². The third-order valence-corrected chi connectivity index (χ3v) is 5.22. The van der Waals surface area contributed by atoms with E-state index >= 15 is 0 Å². The molecule has 2 N–H and O–H groups in total. The van der Waals surface area contributed by atoms with E-state index in [1.165, 1.54) is 43.7 Å². The first-order chi connectivity index (χ1) is 16.8. The van der Waals surface area contributed by atoms with Crippen molar-refractivity contribution in [3.8, 4) is 11.5 Å². The number of halogens is 3. The molecule has 0 heterocycles. The second kappa shape index (κ2) is 12.2. The molecular formula is C24H18Cl3N3O5. The number of nitrogens with zero attached hydrogens (tertiary/aromatic N) is 1. The number of hydrogen-bond donors (Lipinski definition) is 2. The highest BCUT2D eigenvalue weighted by Gasteiger charge is 2.16. The lowest BCUT2D eigenvalue weighted by molar-refractivity contribution is -0.120. The minimum absolute atomic E-state index is 0.147. The average molecular weight is 535 g/mol. The highest BCUT2D eigenvalue weighted by atomic mass is 35.5. The van der Waals surface area contributed by atoms with Crippen LogP contribution in [-0.2, 0) is 4.79 Å². The fourth-order valence-corrected chi connectivity index (χ4v) is 3.45. The molecule has 3 aromatic rings. The normalized spacial score (nSPS) is 10.6. The smallest absolute Gasteiger partial charge is 0.345 e. The molecule has 0 aromatic heterocycles. The predicted molar refractivity (Wildman–Crippen MR) is 134 cm³/mol. The van der Waals surface area contributed by atoms with Crippen LogP contribution in [0.3, 0.4) is 0 Å². The number of carbonyl (C=O) groups excluding carboxylic acids is 3. The molecule has 0 radical (unpaired) electrons. The maximum atomic E-state index is 12.4. The molecule has 0 bridgehead atoms. The summed E-state index contributed by atoms with van der Waals surface area (Å²) < 4.78 is 10.7. The maximum Gasteiger partial charge on any atom is 0.345 e. The van der Waals surface area contributed by atoms with E-state index in [1.54, 1.807) is 30.3 Å². The van der Waals surface area contributed by atoms with Gasteiger partial charge in [0.1, 0.15) is 0 Å². The van der Waals surface area contributed by atoms with Crippen LogP contribution in [0.2, 0.25) is 15.1 Å². The summed E-state index contributed by atoms with van der Waals surface area (Å²) in [4.78, 5) is 36.4. The van der Waals surface area contributed by atoms with Crippen molar-refractivity contribution in [3.63, 3.8) is 0 Å². The molecule has 0 saturated carbocycles. The zero-order chi connectivity index (χ0) is 25.4. The molecule has 11 heteroatoms. The number of rotatable bonds is 8. The van der Waals surface area contributed by atoms with Gasteiger partial charge in [-0.1, -0.05) is 40.9 Å². The van der Waals surface area contributed by atoms with Gasteiger partial charge in [-0.2, -0.15) is 5.10 Å². The van der Waals surface area contributed by atoms with Crippen LogP contribution in [0.5, 0.6) is 11.5 Å². The fourth-order valence-electron chi connectivity index (χ4n) is 2.77. The van der Waals surface area contributed by atoms with Crippen molar-refractivity contribution >= 4 is 58.8 Å². The van der Waals surface area contributed by atoms with Crippen molar-refractivity contribution in [3.05, 3.63) is 92.4 Å². The van der Waals surface area contributed by atoms with E-state index < -0.39 is 17.8 Å². The third kappa shape index (κ3) is 7.45. The minimum Gasteiger partial charge on any atom is -0.493 e. The Hall–Kier alpha value is -3.59. The highest BCUT2D eigenvalue weighted by Crippen LogP contribution is 2.30. The van der Waals surface area contributed by atoms with Gasteiger partial charge in [-0.15, -0.1) is 0 Å². The van der Waals surface area contributed by atoms with Gasteiger partial charge < -0.3 is 14.8 Å². The van der Waals surface area contributed by atoms with Gasteiger partial charge in [-0.05, 0) is 60.2 Å². The SMILES string of the molecule is COc1cc(/C=N/NC(=O)CNC(=O)c2cccc(Cl)c2)ccc1OC(=O)c1ccc(Cl)cc1Cl. The predicted octanol–water partition coefficient (Wildman–Crippen LogP) is 4.75. The Labute approximate surface area is 215 Å². The van der Waals surface area contributed by atoms with Crippen molar-refractivity contribution < 1.29 is 23.9 Å². The molecule has 0 atom stereocenters. The number of amides is 2. The minimum atomic E-state index is -0.682. The average Bonchev–Trinajstić information content (AvgIpc) is 2.83. The van der Waals surface area contributed by atoms with Crippen molar-refractivity contribution in [1.82, 2.24) is 10.7 Å². The standard InChI is InChI=1S/C24H18Cl3N3O5/c1-34-21-9-14(5-8-20(21)35-24(33)18-7-6-17(26)11-19(18)27)12-29-30-22(31)13-28-23(32)15-3-2-4-16(25)10-15/h2-12H,13H2,1H3,(H,28,32)(H,30,31)/b29-12+. The molecule has 8 nitrogen and oxygen atoms in total. The van der Waals surface area contributed by atoms with E-state index in [1.807, 2.05) is 0 Å². The number of carbonyl (C=O) groups is 3. The lowest BCUT2D eigenvalue weighted by Crippen LogP contribution is -2.34. The van der Waals surface area contributed by atoms with Gasteiger partial charge in [0.2, 0.25) is 0 Å². The topological polar surface area (TPSA) is 106 Å². The summed E-state index contributed by atoms with van der Waals surface area (Å²) in [5, 5.41) is 7.28. The Morgan fingerprint density at radius 3 is 2.43 bits per heavy atom. The van der Waals surface area contributed by atoms with Gasteiger partial charge in [0.15, 0.2) is 11.5 Å². The van der Waals surface area contributed by atoms with E-state index in [0.717, 1.165) is 0 Å². The van der Waals surface area contributed by atoms with Crippen LogP contribution >= 0.6 is 34.8 Å². The Kier molecular flexibility index (Phi) is 9.08. The second-order valence-corrected chi connectivity index (χ2v) is 8.19. The number of hydrazone groups is 1. The van der Waals surface area contributed by atoms with Gasteiger partial charge in [0, 0.05) is 15.6 Å². The second-order valence-electron chi connectivity index (χ2n) is 6.91.